The van der Waals surface area contributed by atoms with Gasteiger partial charge in [0, 0.05) is 9.13 Å². The maximum atomic E-state index is 12.0. The standard InChI is InChI=1S/C13H18INO2/c1-12(2,13(3,4)17)15-11(16)9-6-5-7-10(14)8-9/h5-8,17H,1-4H3,(H,15,16). The third-order valence-electron chi connectivity index (χ3n) is 3.04. The molecule has 0 aliphatic carbocycles. The Labute approximate surface area is 116 Å². The van der Waals surface area contributed by atoms with Gasteiger partial charge in [-0.3, -0.25) is 4.79 Å². The van der Waals surface area contributed by atoms with E-state index >= 15 is 0 Å². The molecule has 0 aliphatic heterocycles. The number of carbonyl (C=O) groups excluding carboxylic acids is 1. The molecule has 3 nitrogen and oxygen atoms in total. The minimum Gasteiger partial charge on any atom is -0.388 e. The molecule has 17 heavy (non-hydrogen) atoms. The molecule has 1 amide bonds. The van der Waals surface area contributed by atoms with Gasteiger partial charge in [0.1, 0.15) is 0 Å². The fourth-order valence-corrected chi connectivity index (χ4v) is 1.68. The van der Waals surface area contributed by atoms with Crippen molar-refractivity contribution < 1.29 is 9.90 Å². The number of hydrogen-bond acceptors (Lipinski definition) is 2. The van der Waals surface area contributed by atoms with Gasteiger partial charge in [-0.2, -0.15) is 0 Å². The smallest absolute Gasteiger partial charge is 0.251 e. The fraction of sp³-hybridized carbons (Fsp3) is 0.462. The maximum Gasteiger partial charge on any atom is 0.251 e. The summed E-state index contributed by atoms with van der Waals surface area (Å²) in [6, 6.07) is 7.35. The van der Waals surface area contributed by atoms with E-state index < -0.39 is 11.1 Å². The Morgan fingerprint density at radius 1 is 1.29 bits per heavy atom. The van der Waals surface area contributed by atoms with E-state index in [1.807, 2.05) is 18.2 Å². The van der Waals surface area contributed by atoms with Crippen LogP contribution in [-0.2, 0) is 0 Å². The van der Waals surface area contributed by atoms with Crippen molar-refractivity contribution in [3.05, 3.63) is 33.4 Å². The van der Waals surface area contributed by atoms with E-state index in [1.165, 1.54) is 0 Å². The summed E-state index contributed by atoms with van der Waals surface area (Å²) >= 11 is 2.16. The normalized spacial score (nSPS) is 12.4. The molecule has 2 N–H and O–H groups in total. The summed E-state index contributed by atoms with van der Waals surface area (Å²) in [6.45, 7) is 6.97. The summed E-state index contributed by atoms with van der Waals surface area (Å²) in [5, 5.41) is 12.8. The Hall–Kier alpha value is -0.620. The number of nitrogens with one attached hydrogen (secondary N) is 1. The molecule has 0 radical (unpaired) electrons. The Kier molecular flexibility index (Phi) is 4.19. The minimum absolute atomic E-state index is 0.171. The van der Waals surface area contributed by atoms with Crippen LogP contribution in [-0.4, -0.2) is 22.2 Å². The second kappa shape index (κ2) is 4.94. The van der Waals surface area contributed by atoms with Crippen molar-refractivity contribution in [1.29, 1.82) is 0 Å². The SMILES string of the molecule is CC(C)(O)C(C)(C)NC(=O)c1cccc(I)c1. The van der Waals surface area contributed by atoms with Crippen molar-refractivity contribution in [1.82, 2.24) is 5.32 Å². The molecule has 0 heterocycles. The average Bonchev–Trinajstić information content (AvgIpc) is 2.15. The number of rotatable bonds is 3. The van der Waals surface area contributed by atoms with Crippen LogP contribution in [0.25, 0.3) is 0 Å². The van der Waals surface area contributed by atoms with E-state index in [9.17, 15) is 9.90 Å². The van der Waals surface area contributed by atoms with Crippen molar-refractivity contribution >= 4 is 28.5 Å². The van der Waals surface area contributed by atoms with Gasteiger partial charge in [-0.15, -0.1) is 0 Å². The third-order valence-corrected chi connectivity index (χ3v) is 3.71. The molecule has 0 aliphatic rings. The first kappa shape index (κ1) is 14.4. The van der Waals surface area contributed by atoms with Gasteiger partial charge in [0.05, 0.1) is 11.1 Å². The lowest BCUT2D eigenvalue weighted by atomic mass is 9.86. The first-order valence-electron chi connectivity index (χ1n) is 5.44. The monoisotopic (exact) mass is 347 g/mol. The fourth-order valence-electron chi connectivity index (χ4n) is 1.14. The molecular weight excluding hydrogens is 329 g/mol. The predicted octanol–water partition coefficient (Wildman–Crippen LogP) is 2.57. The van der Waals surface area contributed by atoms with Crippen LogP contribution in [0.5, 0.6) is 0 Å². The van der Waals surface area contributed by atoms with Crippen LogP contribution < -0.4 is 5.32 Å². The molecule has 0 saturated heterocycles. The second-order valence-corrected chi connectivity index (χ2v) is 6.39. The average molecular weight is 347 g/mol. The Morgan fingerprint density at radius 3 is 2.35 bits per heavy atom. The van der Waals surface area contributed by atoms with Crippen LogP contribution in [0, 0.1) is 3.57 Å². The van der Waals surface area contributed by atoms with Gasteiger partial charge in [0.2, 0.25) is 0 Å². The highest BCUT2D eigenvalue weighted by Crippen LogP contribution is 2.21. The first-order chi connectivity index (χ1) is 7.63. The predicted molar refractivity (Wildman–Crippen MR) is 77.0 cm³/mol. The van der Waals surface area contributed by atoms with E-state index in [-0.39, 0.29) is 5.91 Å². The van der Waals surface area contributed by atoms with Gasteiger partial charge in [-0.1, -0.05) is 6.07 Å². The molecule has 1 aromatic rings. The summed E-state index contributed by atoms with van der Waals surface area (Å²) in [5.74, 6) is -0.171. The van der Waals surface area contributed by atoms with E-state index in [1.54, 1.807) is 33.8 Å². The summed E-state index contributed by atoms with van der Waals surface area (Å²) < 4.78 is 1.01. The van der Waals surface area contributed by atoms with Crippen molar-refractivity contribution in [2.24, 2.45) is 0 Å². The van der Waals surface area contributed by atoms with Crippen LogP contribution in [0.3, 0.4) is 0 Å². The molecule has 0 saturated carbocycles. The maximum absolute atomic E-state index is 12.0. The topological polar surface area (TPSA) is 49.3 Å². The lowest BCUT2D eigenvalue weighted by molar-refractivity contribution is -0.00292. The molecule has 0 aromatic heterocycles. The van der Waals surface area contributed by atoms with Crippen LogP contribution >= 0.6 is 22.6 Å². The quantitative estimate of drug-likeness (QED) is 0.826. The molecule has 0 spiro atoms. The number of benzene rings is 1. The summed E-state index contributed by atoms with van der Waals surface area (Å²) in [4.78, 5) is 12.0. The molecule has 94 valence electrons. The number of aliphatic hydroxyl groups is 1. The highest BCUT2D eigenvalue weighted by atomic mass is 127. The lowest BCUT2D eigenvalue weighted by Crippen LogP contribution is -2.57. The van der Waals surface area contributed by atoms with Crippen molar-refractivity contribution in [3.8, 4) is 0 Å². The van der Waals surface area contributed by atoms with Gasteiger partial charge >= 0.3 is 0 Å². The molecule has 0 fully saturated rings. The zero-order valence-electron chi connectivity index (χ0n) is 10.5. The largest absolute Gasteiger partial charge is 0.388 e. The molecular formula is C13H18INO2. The zero-order chi connectivity index (χ0) is 13.3. The van der Waals surface area contributed by atoms with Crippen LogP contribution in [0.4, 0.5) is 0 Å². The van der Waals surface area contributed by atoms with Crippen molar-refractivity contribution in [3.63, 3.8) is 0 Å². The highest BCUT2D eigenvalue weighted by Gasteiger charge is 2.36. The van der Waals surface area contributed by atoms with Gasteiger partial charge in [0.25, 0.3) is 5.91 Å². The molecule has 0 bridgehead atoms. The van der Waals surface area contributed by atoms with Crippen molar-refractivity contribution in [2.45, 2.75) is 38.8 Å². The van der Waals surface area contributed by atoms with Gasteiger partial charge < -0.3 is 10.4 Å². The van der Waals surface area contributed by atoms with Crippen LogP contribution in [0.1, 0.15) is 38.1 Å². The van der Waals surface area contributed by atoms with E-state index in [4.69, 9.17) is 0 Å². The highest BCUT2D eigenvalue weighted by molar-refractivity contribution is 14.1. The minimum atomic E-state index is -0.982. The van der Waals surface area contributed by atoms with E-state index in [2.05, 4.69) is 27.9 Å². The summed E-state index contributed by atoms with van der Waals surface area (Å²) in [5.41, 5.74) is -1.06. The molecule has 0 unspecified atom stereocenters. The molecule has 4 heteroatoms. The second-order valence-electron chi connectivity index (χ2n) is 5.15. The molecule has 1 rings (SSSR count). The van der Waals surface area contributed by atoms with E-state index in [0.717, 1.165) is 3.57 Å². The summed E-state index contributed by atoms with van der Waals surface area (Å²) in [6.07, 6.45) is 0. The summed E-state index contributed by atoms with van der Waals surface area (Å²) in [7, 11) is 0. The van der Waals surface area contributed by atoms with Crippen molar-refractivity contribution in [2.75, 3.05) is 0 Å². The van der Waals surface area contributed by atoms with Crippen LogP contribution in [0.2, 0.25) is 0 Å². The first-order valence-corrected chi connectivity index (χ1v) is 6.52. The lowest BCUT2D eigenvalue weighted by Gasteiger charge is -2.38. The van der Waals surface area contributed by atoms with Gasteiger partial charge in [0.15, 0.2) is 0 Å². The molecule has 1 aromatic carbocycles. The third kappa shape index (κ3) is 3.67. The Bertz CT molecular complexity index is 422. The van der Waals surface area contributed by atoms with Gasteiger partial charge in [-0.25, -0.2) is 0 Å². The van der Waals surface area contributed by atoms with E-state index in [0.29, 0.717) is 5.56 Å². The number of halogens is 1. The Balaban J connectivity index is 2.87. The number of amides is 1. The Morgan fingerprint density at radius 2 is 1.88 bits per heavy atom. The van der Waals surface area contributed by atoms with Crippen LogP contribution in [0.15, 0.2) is 24.3 Å². The molecule has 0 atom stereocenters. The van der Waals surface area contributed by atoms with Gasteiger partial charge in [-0.05, 0) is 68.5 Å². The number of hydrogen-bond donors (Lipinski definition) is 2. The number of carbonyl (C=O) groups is 1. The zero-order valence-corrected chi connectivity index (χ0v) is 12.7.